The molecule has 1 aromatic heterocycles. The minimum Gasteiger partial charge on any atom is -0.480 e. The fraction of sp³-hybridized carbons (Fsp3) is 0.167. The molecule has 5 heteroatoms. The van der Waals surface area contributed by atoms with Crippen LogP contribution in [0.25, 0.3) is 11.1 Å². The summed E-state index contributed by atoms with van der Waals surface area (Å²) in [5.74, 6) is -1.29. The van der Waals surface area contributed by atoms with Gasteiger partial charge in [-0.2, -0.15) is 5.10 Å². The zero-order valence-electron chi connectivity index (χ0n) is 9.22. The average molecular weight is 234 g/mol. The van der Waals surface area contributed by atoms with Gasteiger partial charge in [0.2, 0.25) is 0 Å². The van der Waals surface area contributed by atoms with Crippen LogP contribution in [0.1, 0.15) is 5.56 Å². The Bertz CT molecular complexity index is 563. The van der Waals surface area contributed by atoms with E-state index in [2.05, 4.69) is 5.10 Å². The first-order valence-electron chi connectivity index (χ1n) is 5.07. The molecule has 0 aliphatic carbocycles. The lowest BCUT2D eigenvalue weighted by Crippen LogP contribution is -2.08. The van der Waals surface area contributed by atoms with E-state index < -0.39 is 5.97 Å². The van der Waals surface area contributed by atoms with Crippen molar-refractivity contribution in [3.8, 4) is 11.1 Å². The van der Waals surface area contributed by atoms with Crippen LogP contribution >= 0.6 is 0 Å². The molecule has 0 atom stereocenters. The molecule has 0 radical (unpaired) electrons. The molecule has 17 heavy (non-hydrogen) atoms. The second-order valence-corrected chi connectivity index (χ2v) is 3.78. The summed E-state index contributed by atoms with van der Waals surface area (Å²) in [5.41, 5.74) is 2.35. The standard InChI is InChI=1S/C12H11FN2O2/c1-8-2-3-10(13)4-11(8)9-5-14-15(6-9)7-12(16)17/h2-6H,7H2,1H3,(H,16,17). The number of aryl methyl sites for hydroxylation is 1. The summed E-state index contributed by atoms with van der Waals surface area (Å²) in [5, 5.41) is 12.5. The van der Waals surface area contributed by atoms with Crippen LogP contribution in [0.15, 0.2) is 30.6 Å². The zero-order chi connectivity index (χ0) is 12.4. The molecule has 0 aliphatic heterocycles. The summed E-state index contributed by atoms with van der Waals surface area (Å²) >= 11 is 0. The molecule has 0 amide bonds. The maximum Gasteiger partial charge on any atom is 0.325 e. The van der Waals surface area contributed by atoms with Crippen molar-refractivity contribution < 1.29 is 14.3 Å². The van der Waals surface area contributed by atoms with Gasteiger partial charge in [0.05, 0.1) is 6.20 Å². The SMILES string of the molecule is Cc1ccc(F)cc1-c1cnn(CC(=O)O)c1. The van der Waals surface area contributed by atoms with E-state index in [0.717, 1.165) is 11.1 Å². The highest BCUT2D eigenvalue weighted by Gasteiger charge is 2.07. The number of hydrogen-bond donors (Lipinski definition) is 1. The molecule has 0 saturated carbocycles. The van der Waals surface area contributed by atoms with Gasteiger partial charge in [0, 0.05) is 11.8 Å². The van der Waals surface area contributed by atoms with Crippen molar-refractivity contribution >= 4 is 5.97 Å². The zero-order valence-corrected chi connectivity index (χ0v) is 9.22. The molecule has 4 nitrogen and oxygen atoms in total. The lowest BCUT2D eigenvalue weighted by molar-refractivity contribution is -0.137. The molecule has 0 saturated heterocycles. The quantitative estimate of drug-likeness (QED) is 0.884. The Morgan fingerprint density at radius 1 is 1.53 bits per heavy atom. The molecule has 0 aliphatic rings. The minimum absolute atomic E-state index is 0.200. The van der Waals surface area contributed by atoms with Crippen molar-refractivity contribution in [3.05, 3.63) is 42.0 Å². The topological polar surface area (TPSA) is 55.1 Å². The van der Waals surface area contributed by atoms with Crippen LogP contribution < -0.4 is 0 Å². The van der Waals surface area contributed by atoms with E-state index in [-0.39, 0.29) is 12.4 Å². The lowest BCUT2D eigenvalue weighted by Gasteiger charge is -2.02. The number of aliphatic carboxylic acids is 1. The maximum absolute atomic E-state index is 13.1. The van der Waals surface area contributed by atoms with Crippen LogP contribution in [0.3, 0.4) is 0 Å². The monoisotopic (exact) mass is 234 g/mol. The van der Waals surface area contributed by atoms with Gasteiger partial charge >= 0.3 is 5.97 Å². The molecular formula is C12H11FN2O2. The summed E-state index contributed by atoms with van der Waals surface area (Å²) in [6.45, 7) is 1.66. The third kappa shape index (κ3) is 2.50. The van der Waals surface area contributed by atoms with Gasteiger partial charge in [-0.1, -0.05) is 6.07 Å². The number of carboxylic acids is 1. The highest BCUT2D eigenvalue weighted by atomic mass is 19.1. The molecule has 1 heterocycles. The molecule has 1 aromatic carbocycles. The van der Waals surface area contributed by atoms with E-state index in [4.69, 9.17) is 5.11 Å². The number of nitrogens with zero attached hydrogens (tertiary/aromatic N) is 2. The average Bonchev–Trinajstić information content (AvgIpc) is 2.69. The molecule has 0 unspecified atom stereocenters. The van der Waals surface area contributed by atoms with Gasteiger partial charge in [0.25, 0.3) is 0 Å². The Hall–Kier alpha value is -2.17. The maximum atomic E-state index is 13.1. The molecule has 0 bridgehead atoms. The van der Waals surface area contributed by atoms with Crippen LogP contribution in [0.2, 0.25) is 0 Å². The number of aromatic nitrogens is 2. The van der Waals surface area contributed by atoms with Crippen molar-refractivity contribution in [2.45, 2.75) is 13.5 Å². The molecular weight excluding hydrogens is 223 g/mol. The number of halogens is 1. The van der Waals surface area contributed by atoms with Crippen LogP contribution in [-0.2, 0) is 11.3 Å². The van der Waals surface area contributed by atoms with E-state index in [9.17, 15) is 9.18 Å². The van der Waals surface area contributed by atoms with Gasteiger partial charge in [-0.3, -0.25) is 9.48 Å². The van der Waals surface area contributed by atoms with E-state index in [0.29, 0.717) is 5.56 Å². The first kappa shape index (κ1) is 11.3. The minimum atomic E-state index is -0.962. The van der Waals surface area contributed by atoms with Gasteiger partial charge in [-0.15, -0.1) is 0 Å². The Morgan fingerprint density at radius 2 is 2.29 bits per heavy atom. The summed E-state index contributed by atoms with van der Waals surface area (Å²) in [6.07, 6.45) is 3.13. The third-order valence-electron chi connectivity index (χ3n) is 2.44. The van der Waals surface area contributed by atoms with Crippen LogP contribution in [0, 0.1) is 12.7 Å². The summed E-state index contributed by atoms with van der Waals surface area (Å²) in [6, 6.07) is 4.48. The first-order chi connectivity index (χ1) is 8.06. The fourth-order valence-corrected chi connectivity index (χ4v) is 1.63. The Balaban J connectivity index is 2.36. The largest absolute Gasteiger partial charge is 0.480 e. The normalized spacial score (nSPS) is 10.5. The van der Waals surface area contributed by atoms with E-state index in [1.54, 1.807) is 12.3 Å². The predicted octanol–water partition coefficient (Wildman–Crippen LogP) is 2.08. The highest BCUT2D eigenvalue weighted by molar-refractivity contribution is 5.68. The summed E-state index contributed by atoms with van der Waals surface area (Å²) < 4.78 is 14.4. The molecule has 2 rings (SSSR count). The third-order valence-corrected chi connectivity index (χ3v) is 2.44. The Morgan fingerprint density at radius 3 is 3.00 bits per heavy atom. The number of hydrogen-bond acceptors (Lipinski definition) is 2. The number of rotatable bonds is 3. The number of carboxylic acid groups (broad SMARTS) is 1. The first-order valence-corrected chi connectivity index (χ1v) is 5.07. The van der Waals surface area contributed by atoms with Crippen molar-refractivity contribution in [2.75, 3.05) is 0 Å². The van der Waals surface area contributed by atoms with Crippen molar-refractivity contribution in [3.63, 3.8) is 0 Å². The van der Waals surface area contributed by atoms with Crippen LogP contribution in [0.5, 0.6) is 0 Å². The van der Waals surface area contributed by atoms with E-state index >= 15 is 0 Å². The summed E-state index contributed by atoms with van der Waals surface area (Å²) in [4.78, 5) is 10.5. The molecule has 2 aromatic rings. The highest BCUT2D eigenvalue weighted by Crippen LogP contribution is 2.23. The van der Waals surface area contributed by atoms with E-state index in [1.807, 2.05) is 6.92 Å². The van der Waals surface area contributed by atoms with Gasteiger partial charge in [-0.05, 0) is 30.2 Å². The van der Waals surface area contributed by atoms with Crippen molar-refractivity contribution in [2.24, 2.45) is 0 Å². The summed E-state index contributed by atoms with van der Waals surface area (Å²) in [7, 11) is 0. The lowest BCUT2D eigenvalue weighted by atomic mass is 10.0. The van der Waals surface area contributed by atoms with Crippen molar-refractivity contribution in [1.82, 2.24) is 9.78 Å². The number of carbonyl (C=O) groups is 1. The Kier molecular flexibility index (Phi) is 2.91. The van der Waals surface area contributed by atoms with Crippen LogP contribution in [0.4, 0.5) is 4.39 Å². The fourth-order valence-electron chi connectivity index (χ4n) is 1.63. The Labute approximate surface area is 97.3 Å². The van der Waals surface area contributed by atoms with Gasteiger partial charge in [-0.25, -0.2) is 4.39 Å². The smallest absolute Gasteiger partial charge is 0.325 e. The van der Waals surface area contributed by atoms with Gasteiger partial charge in [0.15, 0.2) is 0 Å². The van der Waals surface area contributed by atoms with Gasteiger partial charge < -0.3 is 5.11 Å². The van der Waals surface area contributed by atoms with Crippen LogP contribution in [-0.4, -0.2) is 20.9 Å². The molecule has 88 valence electrons. The van der Waals surface area contributed by atoms with E-state index in [1.165, 1.54) is 23.0 Å². The molecule has 1 N–H and O–H groups in total. The second kappa shape index (κ2) is 4.37. The molecule has 0 fully saturated rings. The predicted molar refractivity (Wildman–Crippen MR) is 60.0 cm³/mol. The van der Waals surface area contributed by atoms with Crippen molar-refractivity contribution in [1.29, 1.82) is 0 Å². The second-order valence-electron chi connectivity index (χ2n) is 3.78. The molecule has 0 spiro atoms. The van der Waals surface area contributed by atoms with Gasteiger partial charge in [0.1, 0.15) is 12.4 Å². The number of benzene rings is 1.